The molecule has 4 rings (SSSR count). The second-order valence-electron chi connectivity index (χ2n) is 6.54. The molecule has 9 heteroatoms. The van der Waals surface area contributed by atoms with E-state index in [-0.39, 0.29) is 28.8 Å². The Morgan fingerprint density at radius 3 is 2.50 bits per heavy atom. The topological polar surface area (TPSA) is 149 Å². The molecule has 3 aromatic rings. The SMILES string of the molecule is N#CNC1=NC(c2cccc(-c3cccc(F)c3)c2)c2c(nc(N)c(C#N)c2N)N1. The second-order valence-corrected chi connectivity index (χ2v) is 6.54. The van der Waals surface area contributed by atoms with E-state index in [0.29, 0.717) is 16.9 Å². The first-order valence-electron chi connectivity index (χ1n) is 8.86. The third-order valence-electron chi connectivity index (χ3n) is 4.72. The van der Waals surface area contributed by atoms with Crippen LogP contribution in [0.5, 0.6) is 0 Å². The number of guanidine groups is 1. The Morgan fingerprint density at radius 1 is 1.07 bits per heavy atom. The van der Waals surface area contributed by atoms with Crippen molar-refractivity contribution < 1.29 is 4.39 Å². The summed E-state index contributed by atoms with van der Waals surface area (Å²) in [6, 6.07) is 14.9. The van der Waals surface area contributed by atoms with Crippen LogP contribution in [-0.4, -0.2) is 10.9 Å². The van der Waals surface area contributed by atoms with Crippen molar-refractivity contribution in [2.75, 3.05) is 16.8 Å². The smallest absolute Gasteiger partial charge is 0.211 e. The van der Waals surface area contributed by atoms with Gasteiger partial charge >= 0.3 is 0 Å². The molecule has 0 saturated heterocycles. The number of hydrogen-bond donors (Lipinski definition) is 4. The fourth-order valence-electron chi connectivity index (χ4n) is 3.38. The summed E-state index contributed by atoms with van der Waals surface area (Å²) in [4.78, 5) is 8.76. The molecule has 2 heterocycles. The molecular formula is C21H15FN8. The van der Waals surface area contributed by atoms with E-state index >= 15 is 0 Å². The predicted octanol–water partition coefficient (Wildman–Crippen LogP) is 2.87. The molecule has 30 heavy (non-hydrogen) atoms. The van der Waals surface area contributed by atoms with E-state index in [2.05, 4.69) is 20.6 Å². The maximum Gasteiger partial charge on any atom is 0.211 e. The highest BCUT2D eigenvalue weighted by molar-refractivity contribution is 5.98. The van der Waals surface area contributed by atoms with Crippen LogP contribution in [0.25, 0.3) is 11.1 Å². The maximum atomic E-state index is 13.7. The van der Waals surface area contributed by atoms with Crippen LogP contribution >= 0.6 is 0 Å². The largest absolute Gasteiger partial charge is 0.397 e. The normalized spacial score (nSPS) is 14.5. The summed E-state index contributed by atoms with van der Waals surface area (Å²) in [5, 5.41) is 23.7. The molecule has 1 atom stereocenters. The van der Waals surface area contributed by atoms with E-state index in [1.807, 2.05) is 36.5 Å². The highest BCUT2D eigenvalue weighted by Gasteiger charge is 2.29. The van der Waals surface area contributed by atoms with Crippen LogP contribution in [0.3, 0.4) is 0 Å². The number of nitrogen functional groups attached to an aromatic ring is 2. The van der Waals surface area contributed by atoms with Crippen molar-refractivity contribution in [2.24, 2.45) is 4.99 Å². The molecule has 0 saturated carbocycles. The number of nitrogens with zero attached hydrogens (tertiary/aromatic N) is 4. The number of nitrogens with one attached hydrogen (secondary N) is 2. The zero-order valence-electron chi connectivity index (χ0n) is 15.5. The number of hydrogen-bond acceptors (Lipinski definition) is 8. The Bertz CT molecular complexity index is 1270. The van der Waals surface area contributed by atoms with E-state index in [4.69, 9.17) is 16.7 Å². The Balaban J connectivity index is 1.89. The first kappa shape index (κ1) is 18.7. The van der Waals surface area contributed by atoms with Gasteiger partial charge in [-0.3, -0.25) is 5.32 Å². The van der Waals surface area contributed by atoms with Gasteiger partial charge in [-0.25, -0.2) is 14.4 Å². The van der Waals surface area contributed by atoms with Gasteiger partial charge < -0.3 is 16.8 Å². The van der Waals surface area contributed by atoms with Crippen molar-refractivity contribution >= 4 is 23.3 Å². The summed E-state index contributed by atoms with van der Waals surface area (Å²) in [5.41, 5.74) is 15.0. The molecule has 0 aliphatic carbocycles. The fraction of sp³-hybridized carbons (Fsp3) is 0.0476. The molecule has 2 aromatic carbocycles. The zero-order valence-corrected chi connectivity index (χ0v) is 15.5. The molecule has 0 spiro atoms. The number of nitrogens with two attached hydrogens (primary N) is 2. The number of rotatable bonds is 2. The molecule has 0 fully saturated rings. The van der Waals surface area contributed by atoms with Crippen molar-refractivity contribution in [3.63, 3.8) is 0 Å². The van der Waals surface area contributed by atoms with Gasteiger partial charge in [-0.05, 0) is 34.9 Å². The number of aliphatic imine (C=N–C) groups is 1. The zero-order chi connectivity index (χ0) is 21.3. The molecule has 8 nitrogen and oxygen atoms in total. The quantitative estimate of drug-likeness (QED) is 0.383. The second kappa shape index (κ2) is 7.41. The van der Waals surface area contributed by atoms with Crippen LogP contribution in [0.2, 0.25) is 0 Å². The molecule has 1 aromatic heterocycles. The number of benzene rings is 2. The third-order valence-corrected chi connectivity index (χ3v) is 4.72. The van der Waals surface area contributed by atoms with E-state index in [9.17, 15) is 9.65 Å². The van der Waals surface area contributed by atoms with Gasteiger partial charge in [0.15, 0.2) is 6.19 Å². The van der Waals surface area contributed by atoms with E-state index in [0.717, 1.165) is 11.1 Å². The monoisotopic (exact) mass is 398 g/mol. The maximum absolute atomic E-state index is 13.7. The molecule has 146 valence electrons. The number of aromatic nitrogens is 1. The predicted molar refractivity (Wildman–Crippen MR) is 111 cm³/mol. The molecule has 1 aliphatic heterocycles. The van der Waals surface area contributed by atoms with Crippen molar-refractivity contribution in [2.45, 2.75) is 6.04 Å². The van der Waals surface area contributed by atoms with Gasteiger partial charge in [0.05, 0.1) is 5.69 Å². The number of fused-ring (bicyclic) bond motifs is 1. The third kappa shape index (κ3) is 3.21. The fourth-order valence-corrected chi connectivity index (χ4v) is 3.38. The van der Waals surface area contributed by atoms with Gasteiger partial charge in [-0.2, -0.15) is 10.5 Å². The lowest BCUT2D eigenvalue weighted by Crippen LogP contribution is -2.32. The molecular weight excluding hydrogens is 383 g/mol. The number of pyridine rings is 1. The van der Waals surface area contributed by atoms with Gasteiger partial charge in [-0.1, -0.05) is 30.3 Å². The van der Waals surface area contributed by atoms with Crippen LogP contribution < -0.4 is 22.1 Å². The standard InChI is InChI=1S/C21H15FN8/c22-14-6-2-4-12(8-14)11-3-1-5-13(7-11)18-16-17(25)15(9-23)19(26)29-20(16)30-21(28-18)27-10-24/h1-8,18H,(H6,25,26,27,28,29,30). The van der Waals surface area contributed by atoms with E-state index in [1.54, 1.807) is 12.1 Å². The number of nitriles is 2. The summed E-state index contributed by atoms with van der Waals surface area (Å²) < 4.78 is 13.7. The van der Waals surface area contributed by atoms with Gasteiger partial charge in [0, 0.05) is 5.56 Å². The summed E-state index contributed by atoms with van der Waals surface area (Å²) >= 11 is 0. The Kier molecular flexibility index (Phi) is 4.63. The average molecular weight is 398 g/mol. The molecule has 6 N–H and O–H groups in total. The van der Waals surface area contributed by atoms with Gasteiger partial charge in [-0.15, -0.1) is 0 Å². The minimum absolute atomic E-state index is 0.0216. The minimum atomic E-state index is -0.661. The highest BCUT2D eigenvalue weighted by atomic mass is 19.1. The minimum Gasteiger partial charge on any atom is -0.397 e. The number of halogens is 1. The van der Waals surface area contributed by atoms with Gasteiger partial charge in [0.25, 0.3) is 0 Å². The van der Waals surface area contributed by atoms with Crippen LogP contribution in [0.15, 0.2) is 53.5 Å². The van der Waals surface area contributed by atoms with Crippen LogP contribution in [0.1, 0.15) is 22.7 Å². The first-order valence-corrected chi connectivity index (χ1v) is 8.86. The Labute approximate surface area is 171 Å². The van der Waals surface area contributed by atoms with Crippen LogP contribution in [0.4, 0.5) is 21.7 Å². The summed E-state index contributed by atoms with van der Waals surface area (Å²) in [5.74, 6) is 0.109. The summed E-state index contributed by atoms with van der Waals surface area (Å²) in [6.45, 7) is 0. The van der Waals surface area contributed by atoms with Crippen molar-refractivity contribution in [1.82, 2.24) is 10.3 Å². The van der Waals surface area contributed by atoms with E-state index < -0.39 is 6.04 Å². The average Bonchev–Trinajstić information content (AvgIpc) is 2.73. The van der Waals surface area contributed by atoms with Crippen LogP contribution in [0, 0.1) is 28.6 Å². The molecule has 0 amide bonds. The van der Waals surface area contributed by atoms with Crippen molar-refractivity contribution in [3.8, 4) is 23.4 Å². The van der Waals surface area contributed by atoms with Crippen LogP contribution in [-0.2, 0) is 0 Å². The van der Waals surface area contributed by atoms with Gasteiger partial charge in [0.2, 0.25) is 5.96 Å². The molecule has 1 unspecified atom stereocenters. The Hall–Kier alpha value is -4.63. The van der Waals surface area contributed by atoms with E-state index in [1.165, 1.54) is 12.1 Å². The van der Waals surface area contributed by atoms with Crippen molar-refractivity contribution in [1.29, 1.82) is 10.5 Å². The molecule has 1 aliphatic rings. The lowest BCUT2D eigenvalue weighted by Gasteiger charge is -2.26. The highest BCUT2D eigenvalue weighted by Crippen LogP contribution is 2.41. The molecule has 0 bridgehead atoms. The lowest BCUT2D eigenvalue weighted by atomic mass is 9.93. The number of anilines is 3. The summed E-state index contributed by atoms with van der Waals surface area (Å²) in [7, 11) is 0. The lowest BCUT2D eigenvalue weighted by molar-refractivity contribution is 0.628. The molecule has 0 radical (unpaired) electrons. The van der Waals surface area contributed by atoms with Crippen molar-refractivity contribution in [3.05, 3.63) is 71.0 Å². The van der Waals surface area contributed by atoms with Gasteiger partial charge in [0.1, 0.15) is 35.1 Å². The Morgan fingerprint density at radius 2 is 1.80 bits per heavy atom. The first-order chi connectivity index (χ1) is 14.5. The summed E-state index contributed by atoms with van der Waals surface area (Å²) in [6.07, 6.45) is 1.81.